The highest BCUT2D eigenvalue weighted by Crippen LogP contribution is 2.32. The fourth-order valence-electron chi connectivity index (χ4n) is 4.56. The lowest BCUT2D eigenvalue weighted by Gasteiger charge is -2.35. The second-order valence-electron chi connectivity index (χ2n) is 8.50. The molecule has 0 spiro atoms. The Morgan fingerprint density at radius 1 is 1.19 bits per heavy atom. The van der Waals surface area contributed by atoms with E-state index >= 15 is 0 Å². The van der Waals surface area contributed by atoms with Gasteiger partial charge in [-0.1, -0.05) is 12.1 Å². The molecule has 2 heterocycles. The molecule has 4 rings (SSSR count). The number of aromatic nitrogens is 3. The summed E-state index contributed by atoms with van der Waals surface area (Å²) in [6, 6.07) is 10.1. The molecule has 0 amide bonds. The quantitative estimate of drug-likeness (QED) is 0.512. The number of ether oxygens (including phenoxy) is 1. The number of benzene rings is 1. The minimum absolute atomic E-state index is 0.187. The van der Waals surface area contributed by atoms with Crippen LogP contribution in [0, 0.1) is 5.92 Å². The molecule has 32 heavy (non-hydrogen) atoms. The Kier molecular flexibility index (Phi) is 6.95. The number of nitrogens with zero attached hydrogens (tertiary/aromatic N) is 3. The van der Waals surface area contributed by atoms with Gasteiger partial charge in [0.1, 0.15) is 23.5 Å². The maximum absolute atomic E-state index is 12.6. The number of sulfonamides is 1. The fraction of sp³-hybridized carbons (Fsp3) is 0.478. The van der Waals surface area contributed by atoms with E-state index in [0.717, 1.165) is 53.8 Å². The first-order valence-electron chi connectivity index (χ1n) is 11.1. The van der Waals surface area contributed by atoms with Crippen LogP contribution in [-0.4, -0.2) is 55.9 Å². The monoisotopic (exact) mass is 457 g/mol. The molecule has 8 nitrogen and oxygen atoms in total. The van der Waals surface area contributed by atoms with Crippen molar-refractivity contribution in [3.05, 3.63) is 48.4 Å². The third-order valence-electron chi connectivity index (χ3n) is 6.36. The zero-order chi connectivity index (χ0) is 22.6. The molecule has 0 aliphatic heterocycles. The lowest BCUT2D eigenvalue weighted by Crippen LogP contribution is -2.38. The van der Waals surface area contributed by atoms with Gasteiger partial charge < -0.3 is 14.6 Å². The van der Waals surface area contributed by atoms with Crippen LogP contribution >= 0.6 is 0 Å². The molecule has 1 fully saturated rings. The van der Waals surface area contributed by atoms with Gasteiger partial charge in [-0.2, -0.15) is 0 Å². The van der Waals surface area contributed by atoms with Crippen molar-refractivity contribution in [3.8, 4) is 5.75 Å². The number of anilines is 1. The number of rotatable bonds is 9. The van der Waals surface area contributed by atoms with E-state index in [2.05, 4.69) is 31.6 Å². The Hall–Kier alpha value is -2.65. The molecule has 2 N–H and O–H groups in total. The first-order chi connectivity index (χ1) is 15.4. The summed E-state index contributed by atoms with van der Waals surface area (Å²) in [6.07, 6.45) is 7.80. The lowest BCUT2D eigenvalue weighted by molar-refractivity contribution is 0.340. The fourth-order valence-corrected chi connectivity index (χ4v) is 6.04. The van der Waals surface area contributed by atoms with Crippen molar-refractivity contribution in [2.75, 3.05) is 31.4 Å². The number of nitrogens with one attached hydrogen (secondary N) is 2. The predicted octanol–water partition coefficient (Wildman–Crippen LogP) is 3.12. The Labute approximate surface area is 189 Å². The molecule has 1 aliphatic carbocycles. The minimum Gasteiger partial charge on any atom is -0.497 e. The van der Waals surface area contributed by atoms with Crippen molar-refractivity contribution in [2.45, 2.75) is 38.1 Å². The average Bonchev–Trinajstić information content (AvgIpc) is 3.28. The van der Waals surface area contributed by atoms with Gasteiger partial charge in [-0.15, -0.1) is 0 Å². The highest BCUT2D eigenvalue weighted by atomic mass is 32.2. The van der Waals surface area contributed by atoms with Crippen LogP contribution in [-0.2, 0) is 16.4 Å². The molecule has 2 aromatic heterocycles. The number of methoxy groups -OCH3 is 1. The van der Waals surface area contributed by atoms with Crippen LogP contribution in [0.5, 0.6) is 5.75 Å². The van der Waals surface area contributed by atoms with Gasteiger partial charge in [0, 0.05) is 25.8 Å². The van der Waals surface area contributed by atoms with Gasteiger partial charge in [0.15, 0.2) is 0 Å². The Morgan fingerprint density at radius 3 is 2.78 bits per heavy atom. The van der Waals surface area contributed by atoms with Gasteiger partial charge in [-0.3, -0.25) is 0 Å². The van der Waals surface area contributed by atoms with Crippen LogP contribution in [0.4, 0.5) is 5.82 Å². The molecule has 1 saturated carbocycles. The minimum atomic E-state index is -3.30. The summed E-state index contributed by atoms with van der Waals surface area (Å²) >= 11 is 0. The molecule has 0 atom stereocenters. The van der Waals surface area contributed by atoms with Crippen molar-refractivity contribution in [1.29, 1.82) is 0 Å². The van der Waals surface area contributed by atoms with Crippen molar-refractivity contribution < 1.29 is 13.2 Å². The highest BCUT2D eigenvalue weighted by molar-refractivity contribution is 7.89. The van der Waals surface area contributed by atoms with E-state index in [1.54, 1.807) is 13.4 Å². The second kappa shape index (κ2) is 9.87. The molecule has 0 saturated heterocycles. The topological polar surface area (TPSA) is 100 Å². The van der Waals surface area contributed by atoms with Crippen LogP contribution in [0.25, 0.3) is 11.0 Å². The summed E-state index contributed by atoms with van der Waals surface area (Å²) in [5.41, 5.74) is 1.89. The van der Waals surface area contributed by atoms with E-state index in [9.17, 15) is 8.42 Å². The second-order valence-corrected chi connectivity index (χ2v) is 10.4. The third-order valence-corrected chi connectivity index (χ3v) is 7.91. The van der Waals surface area contributed by atoms with Crippen LogP contribution in [0.3, 0.4) is 0 Å². The maximum atomic E-state index is 12.6. The molecule has 9 heteroatoms. The maximum Gasteiger partial charge on any atom is 0.211 e. The smallest absolute Gasteiger partial charge is 0.211 e. The molecule has 1 aromatic carbocycles. The van der Waals surface area contributed by atoms with Gasteiger partial charge >= 0.3 is 0 Å². The summed E-state index contributed by atoms with van der Waals surface area (Å²) in [5.74, 6) is 2.08. The highest BCUT2D eigenvalue weighted by Gasteiger charge is 2.28. The van der Waals surface area contributed by atoms with Gasteiger partial charge in [0.05, 0.1) is 18.2 Å². The van der Waals surface area contributed by atoms with Crippen LogP contribution in [0.15, 0.2) is 42.9 Å². The van der Waals surface area contributed by atoms with E-state index in [0.29, 0.717) is 19.0 Å². The lowest BCUT2D eigenvalue weighted by atomic mass is 9.86. The summed E-state index contributed by atoms with van der Waals surface area (Å²) in [5, 5.41) is 1.01. The molecule has 3 aromatic rings. The first kappa shape index (κ1) is 22.5. The first-order valence-corrected chi connectivity index (χ1v) is 12.7. The molecule has 0 unspecified atom stereocenters. The molecular formula is C23H31N5O3S. The van der Waals surface area contributed by atoms with E-state index in [-0.39, 0.29) is 11.7 Å². The number of aromatic amines is 1. The van der Waals surface area contributed by atoms with E-state index in [1.807, 2.05) is 36.5 Å². The molecule has 0 bridgehead atoms. The van der Waals surface area contributed by atoms with Crippen molar-refractivity contribution in [1.82, 2.24) is 19.7 Å². The number of fused-ring (bicyclic) bond motifs is 1. The zero-order valence-corrected chi connectivity index (χ0v) is 19.4. The SMILES string of the molecule is COc1cccc(CCNS(=O)(=O)C[C@H]2CC[C@H](N(C)c3ncnc4[nH]ccc34)CC2)c1. The van der Waals surface area contributed by atoms with Crippen molar-refractivity contribution in [3.63, 3.8) is 0 Å². The van der Waals surface area contributed by atoms with E-state index < -0.39 is 10.0 Å². The van der Waals surface area contributed by atoms with Crippen molar-refractivity contribution >= 4 is 26.9 Å². The van der Waals surface area contributed by atoms with Crippen LogP contribution in [0.2, 0.25) is 0 Å². The Morgan fingerprint density at radius 2 is 2.00 bits per heavy atom. The Balaban J connectivity index is 1.26. The normalized spacial score (nSPS) is 19.2. The number of hydrogen-bond donors (Lipinski definition) is 2. The molecule has 1 aliphatic rings. The average molecular weight is 458 g/mol. The van der Waals surface area contributed by atoms with E-state index in [4.69, 9.17) is 4.74 Å². The van der Waals surface area contributed by atoms with Crippen molar-refractivity contribution in [2.24, 2.45) is 5.92 Å². The summed E-state index contributed by atoms with van der Waals surface area (Å²) < 4.78 is 33.2. The van der Waals surface area contributed by atoms with Crippen LogP contribution < -0.4 is 14.4 Å². The zero-order valence-electron chi connectivity index (χ0n) is 18.6. The summed E-state index contributed by atoms with van der Waals surface area (Å²) in [7, 11) is 0.396. The van der Waals surface area contributed by atoms with Gasteiger partial charge in [-0.05, 0) is 61.8 Å². The summed E-state index contributed by atoms with van der Waals surface area (Å²) in [4.78, 5) is 14.1. The largest absolute Gasteiger partial charge is 0.497 e. The molecular weight excluding hydrogens is 426 g/mol. The number of hydrogen-bond acceptors (Lipinski definition) is 6. The third kappa shape index (κ3) is 5.39. The molecule has 0 radical (unpaired) electrons. The van der Waals surface area contributed by atoms with Gasteiger partial charge in [0.25, 0.3) is 0 Å². The Bertz CT molecular complexity index is 1140. The molecule has 172 valence electrons. The standard InChI is InChI=1S/C23H31N5O3S/c1-28(23-21-11-12-24-22(21)25-16-26-23)19-8-6-18(7-9-19)15-32(29,30)27-13-10-17-4-3-5-20(14-17)31-2/h3-5,11-12,14,16,18-19,27H,6-10,13,15H2,1-2H3,(H,24,25,26)/t18-,19-. The van der Waals surface area contributed by atoms with Crippen LogP contribution in [0.1, 0.15) is 31.2 Å². The predicted molar refractivity (Wildman–Crippen MR) is 127 cm³/mol. The summed E-state index contributed by atoms with van der Waals surface area (Å²) in [6.45, 7) is 0.397. The van der Waals surface area contributed by atoms with E-state index in [1.165, 1.54) is 0 Å². The van der Waals surface area contributed by atoms with Gasteiger partial charge in [0.2, 0.25) is 10.0 Å². The van der Waals surface area contributed by atoms with Gasteiger partial charge in [-0.25, -0.2) is 23.1 Å². The number of H-pyrrole nitrogens is 1.